The van der Waals surface area contributed by atoms with Gasteiger partial charge in [-0.25, -0.2) is 9.78 Å². The van der Waals surface area contributed by atoms with Crippen molar-refractivity contribution >= 4 is 17.6 Å². The van der Waals surface area contributed by atoms with E-state index in [1.54, 1.807) is 18.2 Å². The van der Waals surface area contributed by atoms with Crippen LogP contribution in [0.3, 0.4) is 0 Å². The van der Waals surface area contributed by atoms with Crippen molar-refractivity contribution < 1.29 is 24.9 Å². The van der Waals surface area contributed by atoms with Crippen LogP contribution in [0.5, 0.6) is 0 Å². The third-order valence-corrected chi connectivity index (χ3v) is 2.16. The van der Waals surface area contributed by atoms with Gasteiger partial charge in [-0.05, 0) is 12.1 Å². The lowest BCUT2D eigenvalue weighted by Crippen LogP contribution is -2.10. The second-order valence-corrected chi connectivity index (χ2v) is 3.23. The molecule has 0 aliphatic heterocycles. The van der Waals surface area contributed by atoms with Gasteiger partial charge in [-0.3, -0.25) is 9.20 Å². The molecule has 3 N–H and O–H groups in total. The molecule has 7 nitrogen and oxygen atoms in total. The van der Waals surface area contributed by atoms with Crippen molar-refractivity contribution in [2.75, 3.05) is 7.11 Å². The first-order valence-electron chi connectivity index (χ1n) is 4.95. The highest BCUT2D eigenvalue weighted by atomic mass is 16.4. The first-order chi connectivity index (χ1) is 8.59. The highest BCUT2D eigenvalue weighted by Crippen LogP contribution is 2.11. The number of hydrogen-bond donors (Lipinski definition) is 3. The minimum Gasteiger partial charge on any atom is -0.481 e. The van der Waals surface area contributed by atoms with Crippen LogP contribution in [-0.4, -0.2) is 43.8 Å². The standard InChI is InChI=1S/C10H8N2O4.CH4O/c13-9(14)4-6-2-1-3-8-11-5-7(10(15)16)12(6)8;1-2/h1-3,5H,4H2,(H,13,14)(H,15,16);2H,1H3. The van der Waals surface area contributed by atoms with Crippen molar-refractivity contribution in [1.29, 1.82) is 0 Å². The average Bonchev–Trinajstić information content (AvgIpc) is 2.76. The van der Waals surface area contributed by atoms with Crippen LogP contribution in [0.1, 0.15) is 16.2 Å². The fourth-order valence-electron chi connectivity index (χ4n) is 1.55. The summed E-state index contributed by atoms with van der Waals surface area (Å²) < 4.78 is 1.33. The number of aliphatic hydroxyl groups is 1. The van der Waals surface area contributed by atoms with Gasteiger partial charge >= 0.3 is 11.9 Å². The molecule has 18 heavy (non-hydrogen) atoms. The normalized spacial score (nSPS) is 9.67. The molecule has 2 aromatic rings. The molecule has 0 amide bonds. The van der Waals surface area contributed by atoms with Crippen molar-refractivity contribution in [3.63, 3.8) is 0 Å². The lowest BCUT2D eigenvalue weighted by molar-refractivity contribution is -0.136. The van der Waals surface area contributed by atoms with Crippen LogP contribution in [0, 0.1) is 0 Å². The number of imidazole rings is 1. The number of fused-ring (bicyclic) bond motifs is 1. The Balaban J connectivity index is 0.000000771. The van der Waals surface area contributed by atoms with Gasteiger partial charge < -0.3 is 15.3 Å². The summed E-state index contributed by atoms with van der Waals surface area (Å²) >= 11 is 0. The molecule has 0 aromatic carbocycles. The molecule has 2 rings (SSSR count). The van der Waals surface area contributed by atoms with E-state index in [0.29, 0.717) is 11.3 Å². The summed E-state index contributed by atoms with van der Waals surface area (Å²) in [5.74, 6) is -2.15. The molecule has 0 radical (unpaired) electrons. The zero-order valence-corrected chi connectivity index (χ0v) is 9.57. The van der Waals surface area contributed by atoms with Crippen molar-refractivity contribution in [3.8, 4) is 0 Å². The molecule has 0 fully saturated rings. The Kier molecular flexibility index (Phi) is 4.39. The van der Waals surface area contributed by atoms with Gasteiger partial charge in [0.1, 0.15) is 5.65 Å². The topological polar surface area (TPSA) is 112 Å². The molecule has 0 bridgehead atoms. The van der Waals surface area contributed by atoms with Gasteiger partial charge in [0.15, 0.2) is 5.69 Å². The predicted molar refractivity (Wildman–Crippen MR) is 61.6 cm³/mol. The van der Waals surface area contributed by atoms with Crippen LogP contribution in [-0.2, 0) is 11.2 Å². The summed E-state index contributed by atoms with van der Waals surface area (Å²) in [5.41, 5.74) is 0.780. The van der Waals surface area contributed by atoms with Crippen molar-refractivity contribution in [2.24, 2.45) is 0 Å². The van der Waals surface area contributed by atoms with E-state index in [0.717, 1.165) is 7.11 Å². The zero-order valence-electron chi connectivity index (χ0n) is 9.57. The Hall–Kier alpha value is -2.41. The van der Waals surface area contributed by atoms with Gasteiger partial charge in [-0.1, -0.05) is 6.07 Å². The number of carbonyl (C=O) groups is 2. The molecule has 2 aromatic heterocycles. The Bertz CT molecular complexity index is 576. The fraction of sp³-hybridized carbons (Fsp3) is 0.182. The first kappa shape index (κ1) is 13.7. The van der Waals surface area contributed by atoms with E-state index in [1.807, 2.05) is 0 Å². The summed E-state index contributed by atoms with van der Waals surface area (Å²) in [6.45, 7) is 0. The van der Waals surface area contributed by atoms with Crippen LogP contribution in [0.2, 0.25) is 0 Å². The lowest BCUT2D eigenvalue weighted by atomic mass is 10.2. The molecule has 0 saturated heterocycles. The van der Waals surface area contributed by atoms with Gasteiger partial charge in [0, 0.05) is 12.8 Å². The number of aliphatic carboxylic acids is 1. The molecular weight excluding hydrogens is 240 g/mol. The summed E-state index contributed by atoms with van der Waals surface area (Å²) in [7, 11) is 1.00. The number of carboxylic acid groups (broad SMARTS) is 2. The quantitative estimate of drug-likeness (QED) is 0.722. The molecule has 0 saturated carbocycles. The van der Waals surface area contributed by atoms with Gasteiger partial charge in [-0.15, -0.1) is 0 Å². The number of carboxylic acids is 2. The maximum Gasteiger partial charge on any atom is 0.354 e. The maximum atomic E-state index is 10.9. The Labute approximate surface area is 102 Å². The highest BCUT2D eigenvalue weighted by Gasteiger charge is 2.14. The van der Waals surface area contributed by atoms with Gasteiger partial charge in [0.25, 0.3) is 0 Å². The van der Waals surface area contributed by atoms with Crippen molar-refractivity contribution in [1.82, 2.24) is 9.38 Å². The number of nitrogens with zero attached hydrogens (tertiary/aromatic N) is 2. The summed E-state index contributed by atoms with van der Waals surface area (Å²) in [6.07, 6.45) is 0.969. The van der Waals surface area contributed by atoms with E-state index in [4.69, 9.17) is 15.3 Å². The number of pyridine rings is 1. The largest absolute Gasteiger partial charge is 0.481 e. The molecular formula is C11H12N2O5. The summed E-state index contributed by atoms with van der Waals surface area (Å²) in [5, 5.41) is 24.6. The second-order valence-electron chi connectivity index (χ2n) is 3.23. The van der Waals surface area contributed by atoms with E-state index in [1.165, 1.54) is 10.6 Å². The SMILES string of the molecule is CO.O=C(O)Cc1cccc2ncc(C(=O)O)n12. The fourth-order valence-corrected chi connectivity index (χ4v) is 1.55. The van der Waals surface area contributed by atoms with Crippen LogP contribution in [0.25, 0.3) is 5.65 Å². The van der Waals surface area contributed by atoms with E-state index in [2.05, 4.69) is 4.98 Å². The molecule has 0 atom stereocenters. The van der Waals surface area contributed by atoms with Gasteiger partial charge in [0.2, 0.25) is 0 Å². The smallest absolute Gasteiger partial charge is 0.354 e. The second kappa shape index (κ2) is 5.78. The molecule has 0 aliphatic rings. The third-order valence-electron chi connectivity index (χ3n) is 2.16. The molecule has 0 unspecified atom stereocenters. The minimum atomic E-state index is -1.13. The van der Waals surface area contributed by atoms with Gasteiger partial charge in [-0.2, -0.15) is 0 Å². The molecule has 0 spiro atoms. The zero-order chi connectivity index (χ0) is 13.7. The highest BCUT2D eigenvalue weighted by molar-refractivity contribution is 5.87. The number of hydrogen-bond acceptors (Lipinski definition) is 4. The molecule has 7 heteroatoms. The van der Waals surface area contributed by atoms with Crippen LogP contribution in [0.15, 0.2) is 24.4 Å². The lowest BCUT2D eigenvalue weighted by Gasteiger charge is -2.04. The van der Waals surface area contributed by atoms with E-state index < -0.39 is 11.9 Å². The van der Waals surface area contributed by atoms with Crippen LogP contribution < -0.4 is 0 Å². The van der Waals surface area contributed by atoms with Crippen LogP contribution >= 0.6 is 0 Å². The monoisotopic (exact) mass is 252 g/mol. The number of aliphatic hydroxyl groups excluding tert-OH is 1. The third kappa shape index (κ3) is 2.64. The van der Waals surface area contributed by atoms with Gasteiger partial charge in [0.05, 0.1) is 12.6 Å². The Morgan fingerprint density at radius 1 is 1.28 bits per heavy atom. The van der Waals surface area contributed by atoms with E-state index in [9.17, 15) is 9.59 Å². The number of aromatic carboxylic acids is 1. The van der Waals surface area contributed by atoms with E-state index in [-0.39, 0.29) is 12.1 Å². The Morgan fingerprint density at radius 3 is 2.50 bits per heavy atom. The average molecular weight is 252 g/mol. The molecule has 2 heterocycles. The number of rotatable bonds is 3. The van der Waals surface area contributed by atoms with Crippen LogP contribution in [0.4, 0.5) is 0 Å². The maximum absolute atomic E-state index is 10.9. The Morgan fingerprint density at radius 2 is 1.94 bits per heavy atom. The van der Waals surface area contributed by atoms with Crippen molar-refractivity contribution in [2.45, 2.75) is 6.42 Å². The first-order valence-corrected chi connectivity index (χ1v) is 4.95. The minimum absolute atomic E-state index is 0.0353. The molecule has 96 valence electrons. The molecule has 0 aliphatic carbocycles. The van der Waals surface area contributed by atoms with E-state index >= 15 is 0 Å². The predicted octanol–water partition coefficient (Wildman–Crippen LogP) is 0.268. The van der Waals surface area contributed by atoms with Crippen molar-refractivity contribution in [3.05, 3.63) is 35.8 Å². The summed E-state index contributed by atoms with van der Waals surface area (Å²) in [4.78, 5) is 25.4. The summed E-state index contributed by atoms with van der Waals surface area (Å²) in [6, 6.07) is 4.83. The number of aromatic nitrogens is 2.